The normalized spacial score (nSPS) is 20.7. The lowest BCUT2D eigenvalue weighted by molar-refractivity contribution is 0.132. The molecule has 2 nitrogen and oxygen atoms in total. The zero-order chi connectivity index (χ0) is 13.7. The summed E-state index contributed by atoms with van der Waals surface area (Å²) < 4.78 is 0.975. The van der Waals surface area contributed by atoms with Gasteiger partial charge in [-0.15, -0.1) is 0 Å². The van der Waals surface area contributed by atoms with Crippen molar-refractivity contribution in [2.24, 2.45) is 0 Å². The van der Waals surface area contributed by atoms with Crippen LogP contribution in [0.4, 0.5) is 0 Å². The van der Waals surface area contributed by atoms with Crippen LogP contribution in [0.15, 0.2) is 22.7 Å². The van der Waals surface area contributed by atoms with Crippen LogP contribution in [-0.2, 0) is 6.54 Å². The van der Waals surface area contributed by atoms with Crippen molar-refractivity contribution in [3.05, 3.63) is 33.3 Å². The molecule has 1 unspecified atom stereocenters. The van der Waals surface area contributed by atoms with Gasteiger partial charge in [-0.25, -0.2) is 0 Å². The van der Waals surface area contributed by atoms with Gasteiger partial charge in [-0.2, -0.15) is 0 Å². The second-order valence-corrected chi connectivity index (χ2v) is 6.52. The van der Waals surface area contributed by atoms with Crippen LogP contribution in [0.2, 0.25) is 5.02 Å². The van der Waals surface area contributed by atoms with E-state index in [-0.39, 0.29) is 0 Å². The van der Waals surface area contributed by atoms with Crippen LogP contribution >= 0.6 is 27.5 Å². The Morgan fingerprint density at radius 1 is 1.42 bits per heavy atom. The van der Waals surface area contributed by atoms with Crippen LogP contribution in [0, 0.1) is 0 Å². The summed E-state index contributed by atoms with van der Waals surface area (Å²) in [6.45, 7) is 3.33. The van der Waals surface area contributed by atoms with Gasteiger partial charge in [-0.3, -0.25) is 4.90 Å². The van der Waals surface area contributed by atoms with Gasteiger partial charge in [0.05, 0.1) is 5.02 Å². The summed E-state index contributed by atoms with van der Waals surface area (Å²) >= 11 is 9.62. The molecule has 0 aromatic heterocycles. The molecule has 1 aromatic rings. The Morgan fingerprint density at radius 3 is 3.00 bits per heavy atom. The molecule has 1 aliphatic heterocycles. The second kappa shape index (κ2) is 7.63. The van der Waals surface area contributed by atoms with Crippen LogP contribution in [-0.4, -0.2) is 31.1 Å². The lowest BCUT2D eigenvalue weighted by Crippen LogP contribution is -2.40. The topological polar surface area (TPSA) is 15.3 Å². The van der Waals surface area contributed by atoms with Crippen molar-refractivity contribution in [3.8, 4) is 0 Å². The minimum atomic E-state index is 0.712. The first-order valence-electron chi connectivity index (χ1n) is 7.03. The number of nitrogens with zero attached hydrogens (tertiary/aromatic N) is 1. The summed E-state index contributed by atoms with van der Waals surface area (Å²) in [5.41, 5.74) is 1.31. The molecule has 0 saturated carbocycles. The van der Waals surface area contributed by atoms with Crippen molar-refractivity contribution in [1.29, 1.82) is 0 Å². The molecule has 0 spiro atoms. The summed E-state index contributed by atoms with van der Waals surface area (Å²) in [6, 6.07) is 7.00. The van der Waals surface area contributed by atoms with Gasteiger partial charge in [0.25, 0.3) is 0 Å². The Balaban J connectivity index is 1.99. The Bertz CT molecular complexity index is 411. The zero-order valence-electron chi connectivity index (χ0n) is 11.5. The molecule has 1 heterocycles. The highest BCUT2D eigenvalue weighted by atomic mass is 79.9. The van der Waals surface area contributed by atoms with E-state index < -0.39 is 0 Å². The van der Waals surface area contributed by atoms with E-state index in [9.17, 15) is 0 Å². The Hall–Kier alpha value is -0.0900. The van der Waals surface area contributed by atoms with Gasteiger partial charge in [0.15, 0.2) is 0 Å². The number of nitrogens with one attached hydrogen (secondary N) is 1. The molecule has 1 aliphatic rings. The Morgan fingerprint density at radius 2 is 2.26 bits per heavy atom. The summed E-state index contributed by atoms with van der Waals surface area (Å²) in [7, 11) is 2.03. The van der Waals surface area contributed by atoms with Gasteiger partial charge in [0.1, 0.15) is 0 Å². The van der Waals surface area contributed by atoms with Crippen LogP contribution < -0.4 is 5.32 Å². The smallest absolute Gasteiger partial charge is 0.0551 e. The zero-order valence-corrected chi connectivity index (χ0v) is 13.8. The molecule has 2 rings (SSSR count). The number of likely N-dealkylation sites (tertiary alicyclic amines) is 1. The Labute approximate surface area is 129 Å². The van der Waals surface area contributed by atoms with Gasteiger partial charge in [0, 0.05) is 17.1 Å². The van der Waals surface area contributed by atoms with Crippen molar-refractivity contribution >= 4 is 27.5 Å². The van der Waals surface area contributed by atoms with Crippen LogP contribution in [0.1, 0.15) is 31.2 Å². The molecule has 1 fully saturated rings. The molecule has 106 valence electrons. The molecule has 19 heavy (non-hydrogen) atoms. The van der Waals surface area contributed by atoms with E-state index in [2.05, 4.69) is 38.3 Å². The van der Waals surface area contributed by atoms with Gasteiger partial charge < -0.3 is 5.32 Å². The van der Waals surface area contributed by atoms with Gasteiger partial charge >= 0.3 is 0 Å². The number of benzene rings is 1. The quantitative estimate of drug-likeness (QED) is 0.865. The van der Waals surface area contributed by atoms with Crippen LogP contribution in [0.5, 0.6) is 0 Å². The molecule has 1 N–H and O–H groups in total. The van der Waals surface area contributed by atoms with Crippen molar-refractivity contribution < 1.29 is 0 Å². The highest BCUT2D eigenvalue weighted by molar-refractivity contribution is 9.10. The van der Waals surface area contributed by atoms with E-state index in [1.807, 2.05) is 13.1 Å². The van der Waals surface area contributed by atoms with Crippen molar-refractivity contribution in [3.63, 3.8) is 0 Å². The van der Waals surface area contributed by atoms with E-state index in [4.69, 9.17) is 11.6 Å². The van der Waals surface area contributed by atoms with Crippen molar-refractivity contribution in [2.75, 3.05) is 20.1 Å². The third-order valence-corrected chi connectivity index (χ3v) is 5.08. The molecule has 0 aliphatic carbocycles. The number of piperidine rings is 1. The summed E-state index contributed by atoms with van der Waals surface area (Å²) in [6.07, 6.45) is 5.25. The van der Waals surface area contributed by atoms with Gasteiger partial charge in [-0.1, -0.05) is 24.1 Å². The van der Waals surface area contributed by atoms with Gasteiger partial charge in [0.2, 0.25) is 0 Å². The molecular weight excluding hydrogens is 324 g/mol. The number of halogens is 2. The lowest BCUT2D eigenvalue weighted by Gasteiger charge is -2.36. The summed E-state index contributed by atoms with van der Waals surface area (Å²) in [5, 5.41) is 4.07. The maximum absolute atomic E-state index is 6.18. The summed E-state index contributed by atoms with van der Waals surface area (Å²) in [4.78, 5) is 2.61. The van der Waals surface area contributed by atoms with Crippen molar-refractivity contribution in [2.45, 2.75) is 38.3 Å². The number of rotatable bonds is 5. The highest BCUT2D eigenvalue weighted by Gasteiger charge is 2.21. The standard InChI is InChI=1S/C15H22BrClN2/c1-18-8-7-13-4-2-3-9-19(13)11-12-5-6-14(16)15(17)10-12/h5-6,10,13,18H,2-4,7-9,11H2,1H3. The maximum Gasteiger partial charge on any atom is 0.0551 e. The second-order valence-electron chi connectivity index (χ2n) is 5.26. The number of hydrogen-bond acceptors (Lipinski definition) is 2. The largest absolute Gasteiger partial charge is 0.320 e. The third-order valence-electron chi connectivity index (χ3n) is 3.85. The molecule has 4 heteroatoms. The fraction of sp³-hybridized carbons (Fsp3) is 0.600. The number of hydrogen-bond donors (Lipinski definition) is 1. The predicted octanol–water partition coefficient (Wildman–Crippen LogP) is 4.07. The fourth-order valence-electron chi connectivity index (χ4n) is 2.78. The molecule has 1 atom stereocenters. The average Bonchev–Trinajstić information content (AvgIpc) is 2.42. The van der Waals surface area contributed by atoms with E-state index in [1.54, 1.807) is 0 Å². The molecule has 0 bridgehead atoms. The Kier molecular flexibility index (Phi) is 6.14. The molecule has 1 saturated heterocycles. The monoisotopic (exact) mass is 344 g/mol. The highest BCUT2D eigenvalue weighted by Crippen LogP contribution is 2.26. The minimum Gasteiger partial charge on any atom is -0.320 e. The fourth-order valence-corrected chi connectivity index (χ4v) is 3.23. The van der Waals surface area contributed by atoms with Crippen LogP contribution in [0.25, 0.3) is 0 Å². The first kappa shape index (κ1) is 15.3. The first-order chi connectivity index (χ1) is 9.20. The molecule has 0 radical (unpaired) electrons. The third kappa shape index (κ3) is 4.45. The van der Waals surface area contributed by atoms with Crippen molar-refractivity contribution in [1.82, 2.24) is 10.2 Å². The predicted molar refractivity (Wildman–Crippen MR) is 85.7 cm³/mol. The first-order valence-corrected chi connectivity index (χ1v) is 8.20. The average molecular weight is 346 g/mol. The molecular formula is C15H22BrClN2. The summed E-state index contributed by atoms with van der Waals surface area (Å²) in [5.74, 6) is 0. The van der Waals surface area contributed by atoms with Gasteiger partial charge in [-0.05, 0) is 73.0 Å². The molecule has 0 amide bonds. The maximum atomic E-state index is 6.18. The van der Waals surface area contributed by atoms with E-state index in [0.717, 1.165) is 22.6 Å². The SMILES string of the molecule is CNCCC1CCCCN1Cc1ccc(Br)c(Cl)c1. The molecule has 1 aromatic carbocycles. The lowest BCUT2D eigenvalue weighted by atomic mass is 9.98. The van der Waals surface area contributed by atoms with E-state index in [1.165, 1.54) is 37.8 Å². The van der Waals surface area contributed by atoms with E-state index in [0.29, 0.717) is 6.04 Å². The minimum absolute atomic E-state index is 0.712. The van der Waals surface area contributed by atoms with Crippen LogP contribution in [0.3, 0.4) is 0 Å². The van der Waals surface area contributed by atoms with E-state index >= 15 is 0 Å².